The van der Waals surface area contributed by atoms with Gasteiger partial charge in [-0.3, -0.25) is 0 Å². The summed E-state index contributed by atoms with van der Waals surface area (Å²) in [4.78, 5) is 0. The lowest BCUT2D eigenvalue weighted by molar-refractivity contribution is -0.697. The van der Waals surface area contributed by atoms with Crippen molar-refractivity contribution in [2.24, 2.45) is 0 Å². The van der Waals surface area contributed by atoms with Gasteiger partial charge in [0, 0.05) is 70.1 Å². The Morgan fingerprint density at radius 2 is 0.482 bits per heavy atom. The number of rotatable bonds is 0. The molecule has 0 radical (unpaired) electrons. The molecule has 0 fully saturated rings. The third-order valence-electron chi connectivity index (χ3n) is 10.3. The number of hydrogen-bond donors (Lipinski definition) is 0. The fourth-order valence-electron chi connectivity index (χ4n) is 7.25. The Kier molecular flexibility index (Phi) is 10.2. The van der Waals surface area contributed by atoms with Gasteiger partial charge in [0.15, 0.2) is 75.8 Å². The van der Waals surface area contributed by atoms with Gasteiger partial charge in [-0.2, -0.15) is 0 Å². The van der Waals surface area contributed by atoms with E-state index < -0.39 is 0 Å². The number of hydrogen-bond acceptors (Lipinski definition) is 4. The normalized spacial score (nSPS) is 13.7. The number of pyridine rings is 4. The first-order valence-corrected chi connectivity index (χ1v) is 19.3. The summed E-state index contributed by atoms with van der Waals surface area (Å²) < 4.78 is 33.9. The third kappa shape index (κ3) is 7.86. The molecule has 0 amide bonds. The summed E-state index contributed by atoms with van der Waals surface area (Å²) in [5.41, 5.74) is 4.65. The second kappa shape index (κ2) is 16.3. The maximum absolute atomic E-state index is 6.33. The molecular weight excluding hydrogens is 697 g/mol. The minimum Gasteiger partial charge on any atom is -0.486 e. The second-order valence-corrected chi connectivity index (χ2v) is 13.9. The van der Waals surface area contributed by atoms with Gasteiger partial charge < -0.3 is 18.9 Å². The molecular formula is C48H44N4O4+4. The molecule has 8 aromatic rings. The summed E-state index contributed by atoms with van der Waals surface area (Å²) in [6.07, 6.45) is 16.9. The Balaban J connectivity index is 0.942. The van der Waals surface area contributed by atoms with Crippen LogP contribution >= 0.6 is 0 Å². The van der Waals surface area contributed by atoms with Gasteiger partial charge in [-0.1, -0.05) is 48.5 Å². The summed E-state index contributed by atoms with van der Waals surface area (Å²) in [5.74, 6) is 3.42. The van der Waals surface area contributed by atoms with Crippen molar-refractivity contribution in [3.05, 3.63) is 171 Å². The predicted molar refractivity (Wildman–Crippen MR) is 214 cm³/mol. The molecule has 4 aromatic carbocycles. The van der Waals surface area contributed by atoms with Crippen LogP contribution in [-0.4, -0.2) is 26.4 Å². The molecule has 7 aliphatic rings. The summed E-state index contributed by atoms with van der Waals surface area (Å²) >= 11 is 0. The van der Waals surface area contributed by atoms with Gasteiger partial charge in [0.1, 0.15) is 49.4 Å². The van der Waals surface area contributed by atoms with Crippen LogP contribution in [0.5, 0.6) is 23.0 Å². The molecule has 0 unspecified atom stereocenters. The first-order chi connectivity index (χ1) is 27.7. The molecule has 56 heavy (non-hydrogen) atoms. The van der Waals surface area contributed by atoms with Gasteiger partial charge >= 0.3 is 0 Å². The molecule has 7 aliphatic heterocycles. The number of ether oxygens (including phenoxy) is 4. The molecule has 0 spiro atoms. The standard InChI is InChI=1S/C48H44N4O4/c1-5-41-42-6-2-10-46(41)54-34-30-50-23-15-38(16-24-50)40-19-27-52(28-20-40)32-36-56-48-12-4-7-43-44(48)8-3-11-47(43)55-35-31-51-25-17-39(18-26-51)37-13-21-49(22-14-37)29-33-53-45(42)9-1/h1-28H,29-36H2/q+4. The largest absolute Gasteiger partial charge is 0.486 e. The highest BCUT2D eigenvalue weighted by molar-refractivity contribution is 5.94. The van der Waals surface area contributed by atoms with Crippen molar-refractivity contribution in [3.63, 3.8) is 0 Å². The number of aromatic nitrogens is 4. The van der Waals surface area contributed by atoms with Crippen molar-refractivity contribution in [2.45, 2.75) is 26.2 Å². The molecule has 8 heteroatoms. The molecule has 8 nitrogen and oxygen atoms in total. The fourth-order valence-corrected chi connectivity index (χ4v) is 7.25. The van der Waals surface area contributed by atoms with Gasteiger partial charge in [0.25, 0.3) is 0 Å². The Morgan fingerprint density at radius 3 is 0.696 bits per heavy atom. The Labute approximate surface area is 326 Å². The number of benzene rings is 4. The predicted octanol–water partition coefficient (Wildman–Crippen LogP) is 7.11. The Bertz CT molecular complexity index is 2210. The molecule has 0 saturated heterocycles. The first kappa shape index (κ1) is 34.9. The molecule has 276 valence electrons. The van der Waals surface area contributed by atoms with Crippen LogP contribution in [0.1, 0.15) is 0 Å². The summed E-state index contributed by atoms with van der Waals surface area (Å²) in [7, 11) is 0. The molecule has 0 atom stereocenters. The van der Waals surface area contributed by atoms with E-state index in [1.165, 1.54) is 0 Å². The van der Waals surface area contributed by atoms with Crippen LogP contribution in [0.25, 0.3) is 43.8 Å². The highest BCUT2D eigenvalue weighted by atomic mass is 16.5. The van der Waals surface area contributed by atoms with Crippen LogP contribution in [0.3, 0.4) is 0 Å². The Morgan fingerprint density at radius 1 is 0.268 bits per heavy atom. The summed E-state index contributed by atoms with van der Waals surface area (Å²) in [5, 5.41) is 4.17. The lowest BCUT2D eigenvalue weighted by atomic mass is 10.1. The zero-order chi connectivity index (χ0) is 37.5. The Hall–Kier alpha value is -6.80. The average molecular weight is 741 g/mol. The van der Waals surface area contributed by atoms with Gasteiger partial charge in [0.05, 0.1) is 0 Å². The van der Waals surface area contributed by atoms with Crippen molar-refractivity contribution >= 4 is 21.5 Å². The first-order valence-electron chi connectivity index (χ1n) is 19.3. The van der Waals surface area contributed by atoms with Crippen molar-refractivity contribution in [1.82, 2.24) is 0 Å². The summed E-state index contributed by atoms with van der Waals surface area (Å²) in [6.45, 7) is 5.10. The van der Waals surface area contributed by atoms with Gasteiger partial charge in [-0.25, -0.2) is 18.3 Å². The van der Waals surface area contributed by atoms with Crippen LogP contribution in [-0.2, 0) is 26.2 Å². The lowest BCUT2D eigenvalue weighted by Gasteiger charge is -2.12. The average Bonchev–Trinajstić information content (AvgIpc) is 3.25. The molecule has 11 heterocycles. The van der Waals surface area contributed by atoms with Crippen molar-refractivity contribution in [1.29, 1.82) is 0 Å². The summed E-state index contributed by atoms with van der Waals surface area (Å²) in [6, 6.07) is 41.8. The molecule has 0 aliphatic carbocycles. The maximum Gasteiger partial charge on any atom is 0.182 e. The van der Waals surface area contributed by atoms with E-state index in [1.807, 2.05) is 48.5 Å². The second-order valence-electron chi connectivity index (χ2n) is 13.9. The molecule has 0 N–H and O–H groups in total. The fraction of sp³-hybridized carbons (Fsp3) is 0.167. The molecule has 4 aromatic heterocycles. The highest BCUT2D eigenvalue weighted by Crippen LogP contribution is 2.33. The van der Waals surface area contributed by atoms with Gasteiger partial charge in [-0.15, -0.1) is 0 Å². The van der Waals surface area contributed by atoms with Crippen LogP contribution < -0.4 is 37.2 Å². The monoisotopic (exact) mass is 740 g/mol. The van der Waals surface area contributed by atoms with Crippen LogP contribution in [0.2, 0.25) is 0 Å². The minimum atomic E-state index is 0.547. The van der Waals surface area contributed by atoms with Crippen LogP contribution in [0, 0.1) is 0 Å². The van der Waals surface area contributed by atoms with E-state index in [4.69, 9.17) is 18.9 Å². The van der Waals surface area contributed by atoms with E-state index in [1.54, 1.807) is 0 Å². The van der Waals surface area contributed by atoms with E-state index >= 15 is 0 Å². The van der Waals surface area contributed by atoms with Crippen LogP contribution in [0.15, 0.2) is 171 Å². The van der Waals surface area contributed by atoms with E-state index in [0.29, 0.717) is 26.4 Å². The number of nitrogens with zero attached hydrogens (tertiary/aromatic N) is 4. The highest BCUT2D eigenvalue weighted by Gasteiger charge is 2.13. The quantitative estimate of drug-likeness (QED) is 0.156. The maximum atomic E-state index is 6.33. The van der Waals surface area contributed by atoms with E-state index in [-0.39, 0.29) is 0 Å². The van der Waals surface area contributed by atoms with Crippen molar-refractivity contribution < 1.29 is 37.2 Å². The van der Waals surface area contributed by atoms with E-state index in [9.17, 15) is 0 Å². The SMILES string of the molecule is c1cc2c3cccc(c3c1)OCC[n+]1ccc(cc1)-c1cc[n+](cc1)CCOc1cccc3c(cccc13)OCC[n+]1ccc(cc1)-c1cc[n+](cc1)CCO2. The van der Waals surface area contributed by atoms with Gasteiger partial charge in [-0.05, 0) is 46.5 Å². The van der Waals surface area contributed by atoms with E-state index in [0.717, 1.165) is 93.0 Å². The topological polar surface area (TPSA) is 52.4 Å². The molecule has 15 rings (SSSR count). The van der Waals surface area contributed by atoms with Gasteiger partial charge in [0.2, 0.25) is 0 Å². The molecule has 16 bridgehead atoms. The van der Waals surface area contributed by atoms with Crippen LogP contribution in [0.4, 0.5) is 0 Å². The zero-order valence-electron chi connectivity index (χ0n) is 31.2. The van der Waals surface area contributed by atoms with Crippen molar-refractivity contribution in [2.75, 3.05) is 26.4 Å². The molecule has 0 saturated carbocycles. The van der Waals surface area contributed by atoms with E-state index in [2.05, 4.69) is 141 Å². The van der Waals surface area contributed by atoms with Crippen molar-refractivity contribution in [3.8, 4) is 45.3 Å². The third-order valence-corrected chi connectivity index (χ3v) is 10.3. The zero-order valence-corrected chi connectivity index (χ0v) is 31.2. The smallest absolute Gasteiger partial charge is 0.182 e. The lowest BCUT2D eigenvalue weighted by Crippen LogP contribution is -2.36. The minimum absolute atomic E-state index is 0.547.